The van der Waals surface area contributed by atoms with Gasteiger partial charge in [-0.2, -0.15) is 0 Å². The molecule has 0 spiro atoms. The number of hydrogen-bond donors (Lipinski definition) is 1. The van der Waals surface area contributed by atoms with Crippen LogP contribution in [0.4, 0.5) is 4.39 Å². The number of carbonyl (C=O) groups is 2. The molecule has 2 unspecified atom stereocenters. The third kappa shape index (κ3) is 3.75. The number of ether oxygens (including phenoxy) is 1. The number of carboxylic acid groups (broad SMARTS) is 1. The van der Waals surface area contributed by atoms with Gasteiger partial charge in [0.25, 0.3) is 5.91 Å². The first-order valence-electron chi connectivity index (χ1n) is 12.3. The normalized spacial score (nSPS) is 33.1. The van der Waals surface area contributed by atoms with Crippen molar-refractivity contribution >= 4 is 11.9 Å². The maximum absolute atomic E-state index is 15.3. The van der Waals surface area contributed by atoms with Gasteiger partial charge >= 0.3 is 5.97 Å². The molecule has 2 aliphatic heterocycles. The standard InChI is InChI=1S/C27H34FNO4/c1-4-26(10-16(2)7-17(3)11-26)15-33-23-9-22(28)21(8-20(23)19-5-6-19)24(30)29-14-18-12-27(29,13-18)25(31)32/h8-9,17-19H,2,4-7,10-15H2,1,3H3,(H,31,32). The Bertz CT molecular complexity index is 1010. The average molecular weight is 456 g/mol. The maximum Gasteiger partial charge on any atom is 0.329 e. The fraction of sp³-hybridized carbons (Fsp3) is 0.630. The number of halogens is 1. The van der Waals surface area contributed by atoms with Crippen LogP contribution in [0.1, 0.15) is 87.1 Å². The molecule has 0 aromatic heterocycles. The molecule has 6 heteroatoms. The number of amides is 1. The Kier molecular flexibility index (Phi) is 5.33. The van der Waals surface area contributed by atoms with Crippen molar-refractivity contribution in [1.29, 1.82) is 0 Å². The predicted molar refractivity (Wildman–Crippen MR) is 123 cm³/mol. The van der Waals surface area contributed by atoms with E-state index in [1.54, 1.807) is 6.07 Å². The monoisotopic (exact) mass is 455 g/mol. The van der Waals surface area contributed by atoms with Gasteiger partial charge in [0, 0.05) is 18.0 Å². The average Bonchev–Trinajstić information content (AvgIpc) is 3.39. The lowest BCUT2D eigenvalue weighted by Gasteiger charge is -2.40. The van der Waals surface area contributed by atoms with Gasteiger partial charge in [-0.25, -0.2) is 9.18 Å². The van der Waals surface area contributed by atoms with E-state index in [0.717, 1.165) is 44.1 Å². The van der Waals surface area contributed by atoms with E-state index in [1.807, 2.05) is 0 Å². The van der Waals surface area contributed by atoms with Crippen molar-refractivity contribution in [2.45, 2.75) is 76.7 Å². The molecule has 178 valence electrons. The Labute approximate surface area is 195 Å². The van der Waals surface area contributed by atoms with Crippen molar-refractivity contribution in [3.63, 3.8) is 0 Å². The number of nitrogens with zero attached hydrogens (tertiary/aromatic N) is 1. The Morgan fingerprint density at radius 2 is 2.00 bits per heavy atom. The highest BCUT2D eigenvalue weighted by Gasteiger charge is 2.63. The van der Waals surface area contributed by atoms with Crippen molar-refractivity contribution in [2.75, 3.05) is 13.2 Å². The highest BCUT2D eigenvalue weighted by atomic mass is 19.1. The Balaban J connectivity index is 1.40. The smallest absolute Gasteiger partial charge is 0.329 e. The number of fused-ring (bicyclic) bond motifs is 1. The first-order valence-corrected chi connectivity index (χ1v) is 12.3. The maximum atomic E-state index is 15.3. The van der Waals surface area contributed by atoms with E-state index in [0.29, 0.717) is 37.7 Å². The van der Waals surface area contributed by atoms with Crippen LogP contribution in [0.25, 0.3) is 0 Å². The quantitative estimate of drug-likeness (QED) is 0.548. The molecule has 1 N–H and O–H groups in total. The highest BCUT2D eigenvalue weighted by Crippen LogP contribution is 2.52. The van der Waals surface area contributed by atoms with Gasteiger partial charge in [-0.05, 0) is 80.8 Å². The summed E-state index contributed by atoms with van der Waals surface area (Å²) in [6.07, 6.45) is 6.94. The van der Waals surface area contributed by atoms with Crippen LogP contribution in [-0.2, 0) is 4.79 Å². The molecule has 3 saturated carbocycles. The molecule has 1 aromatic carbocycles. The van der Waals surface area contributed by atoms with Gasteiger partial charge in [-0.15, -0.1) is 0 Å². The summed E-state index contributed by atoms with van der Waals surface area (Å²) in [7, 11) is 0. The van der Waals surface area contributed by atoms with E-state index >= 15 is 4.39 Å². The summed E-state index contributed by atoms with van der Waals surface area (Å²) < 4.78 is 21.6. The zero-order valence-electron chi connectivity index (χ0n) is 19.7. The van der Waals surface area contributed by atoms with E-state index in [2.05, 4.69) is 20.4 Å². The molecule has 6 rings (SSSR count). The van der Waals surface area contributed by atoms with Gasteiger partial charge in [-0.3, -0.25) is 4.79 Å². The van der Waals surface area contributed by atoms with Crippen molar-refractivity contribution in [2.24, 2.45) is 17.3 Å². The van der Waals surface area contributed by atoms with Crippen molar-refractivity contribution in [3.8, 4) is 5.75 Å². The van der Waals surface area contributed by atoms with E-state index in [4.69, 9.17) is 4.74 Å². The minimum Gasteiger partial charge on any atom is -0.493 e. The Morgan fingerprint density at radius 1 is 1.27 bits per heavy atom. The van der Waals surface area contributed by atoms with Crippen LogP contribution in [-0.4, -0.2) is 40.6 Å². The molecule has 2 atom stereocenters. The van der Waals surface area contributed by atoms with Crippen molar-refractivity contribution < 1.29 is 23.8 Å². The van der Waals surface area contributed by atoms with Gasteiger partial charge in [0.2, 0.25) is 0 Å². The number of allylic oxidation sites excluding steroid dienone is 1. The van der Waals surface area contributed by atoms with Crippen LogP contribution in [0.3, 0.4) is 0 Å². The van der Waals surface area contributed by atoms with E-state index in [-0.39, 0.29) is 22.8 Å². The number of aliphatic carboxylic acids is 1. The van der Waals surface area contributed by atoms with E-state index < -0.39 is 23.2 Å². The summed E-state index contributed by atoms with van der Waals surface area (Å²) in [5, 5.41) is 9.71. The van der Waals surface area contributed by atoms with Gasteiger partial charge in [-0.1, -0.05) is 26.0 Å². The second kappa shape index (κ2) is 7.85. The first kappa shape index (κ1) is 22.4. The molecule has 33 heavy (non-hydrogen) atoms. The number of carbonyl (C=O) groups excluding carboxylic acids is 1. The summed E-state index contributed by atoms with van der Waals surface area (Å²) >= 11 is 0. The van der Waals surface area contributed by atoms with Gasteiger partial charge in [0.1, 0.15) is 17.1 Å². The zero-order valence-corrected chi connectivity index (χ0v) is 19.7. The first-order chi connectivity index (χ1) is 15.7. The lowest BCUT2D eigenvalue weighted by atomic mass is 9.67. The number of carboxylic acids is 1. The lowest BCUT2D eigenvalue weighted by molar-refractivity contribution is -0.151. The van der Waals surface area contributed by atoms with Crippen molar-refractivity contribution in [1.82, 2.24) is 4.90 Å². The molecule has 0 radical (unpaired) electrons. The third-order valence-corrected chi connectivity index (χ3v) is 8.53. The molecule has 5 nitrogen and oxygen atoms in total. The summed E-state index contributed by atoms with van der Waals surface area (Å²) in [4.78, 5) is 26.5. The summed E-state index contributed by atoms with van der Waals surface area (Å²) in [6.45, 7) is 9.56. The van der Waals surface area contributed by atoms with Gasteiger partial charge < -0.3 is 14.7 Å². The number of rotatable bonds is 7. The topological polar surface area (TPSA) is 66.8 Å². The van der Waals surface area contributed by atoms with Crippen LogP contribution in [0.5, 0.6) is 5.75 Å². The van der Waals surface area contributed by atoms with E-state index in [9.17, 15) is 14.7 Å². The summed E-state index contributed by atoms with van der Waals surface area (Å²) in [5.74, 6) is -0.561. The highest BCUT2D eigenvalue weighted by molar-refractivity contribution is 5.99. The summed E-state index contributed by atoms with van der Waals surface area (Å²) in [6, 6.07) is 3.00. The van der Waals surface area contributed by atoms with Crippen LogP contribution < -0.4 is 4.74 Å². The molecule has 3 aliphatic carbocycles. The Morgan fingerprint density at radius 3 is 2.61 bits per heavy atom. The van der Waals surface area contributed by atoms with Gasteiger partial charge in [0.15, 0.2) is 0 Å². The third-order valence-electron chi connectivity index (χ3n) is 8.53. The van der Waals surface area contributed by atoms with Crippen LogP contribution in [0.15, 0.2) is 24.3 Å². The second-order valence-electron chi connectivity index (χ2n) is 11.3. The lowest BCUT2D eigenvalue weighted by Crippen LogP contribution is -2.54. The molecule has 5 aliphatic rings. The molecule has 5 fully saturated rings. The summed E-state index contributed by atoms with van der Waals surface area (Å²) in [5.41, 5.74) is 0.957. The fourth-order valence-corrected chi connectivity index (χ4v) is 6.66. The Hall–Kier alpha value is -2.37. The van der Waals surface area contributed by atoms with Crippen LogP contribution in [0.2, 0.25) is 0 Å². The number of benzene rings is 1. The van der Waals surface area contributed by atoms with E-state index in [1.165, 1.54) is 16.5 Å². The second-order valence-corrected chi connectivity index (χ2v) is 11.3. The minimum atomic E-state index is -1.16. The van der Waals surface area contributed by atoms with Crippen LogP contribution in [0, 0.1) is 23.1 Å². The minimum absolute atomic E-state index is 0.00490. The zero-order chi connectivity index (χ0) is 23.5. The largest absolute Gasteiger partial charge is 0.493 e. The molecule has 1 amide bonds. The SMILES string of the molecule is C=C1CC(C)CC(CC)(COc2cc(F)c(C(=O)N3CC4CC3(C(=O)O)C4)cc2C2CC2)C1. The fourth-order valence-electron chi connectivity index (χ4n) is 6.66. The van der Waals surface area contributed by atoms with Crippen molar-refractivity contribution in [3.05, 3.63) is 41.2 Å². The molecule has 2 heterocycles. The van der Waals surface area contributed by atoms with Gasteiger partial charge in [0.05, 0.1) is 12.2 Å². The number of hydrogen-bond acceptors (Lipinski definition) is 3. The molecule has 2 bridgehead atoms. The van der Waals surface area contributed by atoms with Crippen LogP contribution >= 0.6 is 0 Å². The molecule has 2 saturated heterocycles. The molecular weight excluding hydrogens is 421 g/mol. The molecular formula is C27H34FNO4. The molecule has 1 aromatic rings. The predicted octanol–water partition coefficient (Wildman–Crippen LogP) is 5.54.